The molecule has 5 nitrogen and oxygen atoms in total. The largest absolute Gasteiger partial charge is 0.388 e. The van der Waals surface area contributed by atoms with Crippen LogP contribution in [-0.4, -0.2) is 32.8 Å². The number of aliphatic hydroxyl groups is 1. The number of aliphatic hydroxyl groups excluding tert-OH is 1. The topological polar surface area (TPSA) is 75.6 Å². The van der Waals surface area contributed by atoms with Crippen LogP contribution in [0.25, 0.3) is 0 Å². The lowest BCUT2D eigenvalue weighted by molar-refractivity contribution is 0.0916. The predicted octanol–water partition coefficient (Wildman–Crippen LogP) is 1.98. The van der Waals surface area contributed by atoms with Crippen molar-refractivity contribution in [2.75, 3.05) is 7.11 Å². The van der Waals surface area contributed by atoms with E-state index in [1.54, 1.807) is 25.3 Å². The van der Waals surface area contributed by atoms with Crippen molar-refractivity contribution in [3.63, 3.8) is 0 Å². The molecule has 1 aliphatic carbocycles. The second-order valence-electron chi connectivity index (χ2n) is 5.43. The Balaban J connectivity index is 2.19. The Kier molecular flexibility index (Phi) is 5.37. The average Bonchev–Trinajstić information content (AvgIpc) is 2.93. The molecule has 3 unspecified atom stereocenters. The lowest BCUT2D eigenvalue weighted by atomic mass is 10.1. The first-order valence-electron chi connectivity index (χ1n) is 7.31. The highest BCUT2D eigenvalue weighted by molar-refractivity contribution is 7.89. The van der Waals surface area contributed by atoms with E-state index >= 15 is 0 Å². The predicted molar refractivity (Wildman–Crippen MR) is 80.5 cm³/mol. The summed E-state index contributed by atoms with van der Waals surface area (Å²) in [4.78, 5) is 0.189. The van der Waals surface area contributed by atoms with E-state index in [2.05, 4.69) is 4.72 Å². The van der Waals surface area contributed by atoms with Crippen LogP contribution in [0.15, 0.2) is 29.2 Å². The average molecular weight is 313 g/mol. The Morgan fingerprint density at radius 3 is 2.86 bits per heavy atom. The molecule has 1 saturated carbocycles. The van der Waals surface area contributed by atoms with Gasteiger partial charge in [0, 0.05) is 13.2 Å². The second kappa shape index (κ2) is 6.87. The highest BCUT2D eigenvalue weighted by Gasteiger charge is 2.31. The second-order valence-corrected chi connectivity index (χ2v) is 7.14. The number of ether oxygens (including phenoxy) is 1. The third-order valence-electron chi connectivity index (χ3n) is 4.00. The fraction of sp³-hybridized carbons (Fsp3) is 0.600. The molecular formula is C15H23NO4S. The summed E-state index contributed by atoms with van der Waals surface area (Å²) < 4.78 is 33.0. The zero-order valence-electron chi connectivity index (χ0n) is 12.5. The number of hydrogen-bond acceptors (Lipinski definition) is 4. The molecule has 3 atom stereocenters. The molecule has 2 rings (SSSR count). The van der Waals surface area contributed by atoms with Gasteiger partial charge in [0.05, 0.1) is 17.1 Å². The van der Waals surface area contributed by atoms with Gasteiger partial charge in [-0.2, -0.15) is 0 Å². The van der Waals surface area contributed by atoms with Gasteiger partial charge in [-0.05, 0) is 43.4 Å². The summed E-state index contributed by atoms with van der Waals surface area (Å²) in [5.74, 6) is 0. The summed E-state index contributed by atoms with van der Waals surface area (Å²) in [5, 5.41) is 9.85. The Labute approximate surface area is 126 Å². The minimum absolute atomic E-state index is 0.0656. The van der Waals surface area contributed by atoms with Gasteiger partial charge in [0.2, 0.25) is 10.0 Å². The molecule has 0 aliphatic heterocycles. The molecular weight excluding hydrogens is 290 g/mol. The summed E-state index contributed by atoms with van der Waals surface area (Å²) in [6, 6.07) is 6.30. The highest BCUT2D eigenvalue weighted by atomic mass is 32.2. The minimum Gasteiger partial charge on any atom is -0.388 e. The van der Waals surface area contributed by atoms with E-state index in [0.717, 1.165) is 19.3 Å². The molecule has 1 aromatic carbocycles. The molecule has 0 radical (unpaired) electrons. The molecule has 1 aromatic rings. The SMILES string of the molecule is CCC(O)c1cccc(S(=O)(=O)NC2CCCC2OC)c1. The monoisotopic (exact) mass is 313 g/mol. The van der Waals surface area contributed by atoms with Crippen molar-refractivity contribution in [1.82, 2.24) is 4.72 Å². The molecule has 0 amide bonds. The van der Waals surface area contributed by atoms with Crippen LogP contribution < -0.4 is 4.72 Å². The van der Waals surface area contributed by atoms with Crippen LogP contribution >= 0.6 is 0 Å². The van der Waals surface area contributed by atoms with Crippen molar-refractivity contribution in [3.05, 3.63) is 29.8 Å². The molecule has 0 heterocycles. The van der Waals surface area contributed by atoms with Gasteiger partial charge in [-0.1, -0.05) is 19.1 Å². The van der Waals surface area contributed by atoms with Crippen LogP contribution in [0.1, 0.15) is 44.3 Å². The number of sulfonamides is 1. The number of methoxy groups -OCH3 is 1. The van der Waals surface area contributed by atoms with Gasteiger partial charge >= 0.3 is 0 Å². The molecule has 0 bridgehead atoms. The maximum absolute atomic E-state index is 12.5. The van der Waals surface area contributed by atoms with Crippen LogP contribution in [0.5, 0.6) is 0 Å². The van der Waals surface area contributed by atoms with Crippen LogP contribution in [0.3, 0.4) is 0 Å². The number of hydrogen-bond donors (Lipinski definition) is 2. The van der Waals surface area contributed by atoms with E-state index in [9.17, 15) is 13.5 Å². The van der Waals surface area contributed by atoms with Gasteiger partial charge in [-0.25, -0.2) is 13.1 Å². The Hall–Kier alpha value is -0.950. The maximum atomic E-state index is 12.5. The fourth-order valence-corrected chi connectivity index (χ4v) is 4.09. The van der Waals surface area contributed by atoms with Gasteiger partial charge in [-0.3, -0.25) is 0 Å². The summed E-state index contributed by atoms with van der Waals surface area (Å²) in [7, 11) is -1.99. The summed E-state index contributed by atoms with van der Waals surface area (Å²) in [5.41, 5.74) is 0.620. The van der Waals surface area contributed by atoms with Crippen molar-refractivity contribution >= 4 is 10.0 Å². The van der Waals surface area contributed by atoms with Crippen molar-refractivity contribution in [2.45, 2.75) is 55.8 Å². The Bertz CT molecular complexity index is 573. The third kappa shape index (κ3) is 3.83. The summed E-state index contributed by atoms with van der Waals surface area (Å²) >= 11 is 0. The zero-order chi connectivity index (χ0) is 15.5. The van der Waals surface area contributed by atoms with Crippen molar-refractivity contribution in [3.8, 4) is 0 Å². The smallest absolute Gasteiger partial charge is 0.240 e. The van der Waals surface area contributed by atoms with E-state index in [1.807, 2.05) is 6.92 Å². The summed E-state index contributed by atoms with van der Waals surface area (Å²) in [6.45, 7) is 1.85. The van der Waals surface area contributed by atoms with E-state index in [0.29, 0.717) is 12.0 Å². The lowest BCUT2D eigenvalue weighted by Gasteiger charge is -2.20. The molecule has 1 aliphatic rings. The van der Waals surface area contributed by atoms with Gasteiger partial charge in [0.1, 0.15) is 0 Å². The molecule has 1 fully saturated rings. The minimum atomic E-state index is -3.59. The van der Waals surface area contributed by atoms with Gasteiger partial charge in [0.25, 0.3) is 0 Å². The highest BCUT2D eigenvalue weighted by Crippen LogP contribution is 2.24. The lowest BCUT2D eigenvalue weighted by Crippen LogP contribution is -2.40. The van der Waals surface area contributed by atoms with Crippen molar-refractivity contribution < 1.29 is 18.3 Å². The molecule has 0 spiro atoms. The molecule has 0 saturated heterocycles. The van der Waals surface area contributed by atoms with E-state index in [1.165, 1.54) is 6.07 Å². The van der Waals surface area contributed by atoms with Gasteiger partial charge < -0.3 is 9.84 Å². The number of benzene rings is 1. The molecule has 2 N–H and O–H groups in total. The Morgan fingerprint density at radius 1 is 1.43 bits per heavy atom. The first kappa shape index (κ1) is 16.4. The van der Waals surface area contributed by atoms with Crippen molar-refractivity contribution in [2.24, 2.45) is 0 Å². The third-order valence-corrected chi connectivity index (χ3v) is 5.49. The quantitative estimate of drug-likeness (QED) is 0.842. The van der Waals surface area contributed by atoms with E-state index < -0.39 is 16.1 Å². The normalized spacial score (nSPS) is 24.1. The molecule has 0 aromatic heterocycles. The zero-order valence-corrected chi connectivity index (χ0v) is 13.3. The molecule has 6 heteroatoms. The van der Waals surface area contributed by atoms with Crippen LogP contribution in [0.4, 0.5) is 0 Å². The molecule has 118 valence electrons. The summed E-state index contributed by atoms with van der Waals surface area (Å²) in [6.07, 6.45) is 2.46. The van der Waals surface area contributed by atoms with E-state index in [4.69, 9.17) is 4.74 Å². The van der Waals surface area contributed by atoms with Crippen LogP contribution in [0, 0.1) is 0 Å². The van der Waals surface area contributed by atoms with Crippen LogP contribution in [0.2, 0.25) is 0 Å². The number of nitrogens with one attached hydrogen (secondary N) is 1. The van der Waals surface area contributed by atoms with Crippen LogP contribution in [-0.2, 0) is 14.8 Å². The van der Waals surface area contributed by atoms with Gasteiger partial charge in [-0.15, -0.1) is 0 Å². The van der Waals surface area contributed by atoms with Crippen molar-refractivity contribution in [1.29, 1.82) is 0 Å². The first-order valence-corrected chi connectivity index (χ1v) is 8.79. The van der Waals surface area contributed by atoms with E-state index in [-0.39, 0.29) is 17.0 Å². The maximum Gasteiger partial charge on any atom is 0.240 e. The molecule has 21 heavy (non-hydrogen) atoms. The number of rotatable bonds is 6. The fourth-order valence-electron chi connectivity index (χ4n) is 2.73. The standard InChI is InChI=1S/C15H23NO4S/c1-3-14(17)11-6-4-7-12(10-11)21(18,19)16-13-8-5-9-15(13)20-2/h4,6-7,10,13-17H,3,5,8-9H2,1-2H3. The first-order chi connectivity index (χ1) is 9.97. The Morgan fingerprint density at radius 2 is 2.19 bits per heavy atom. The van der Waals surface area contributed by atoms with Gasteiger partial charge in [0.15, 0.2) is 0 Å².